The van der Waals surface area contributed by atoms with Crippen molar-refractivity contribution in [3.63, 3.8) is 0 Å². The van der Waals surface area contributed by atoms with E-state index >= 15 is 0 Å². The van der Waals surface area contributed by atoms with Gasteiger partial charge in [0.05, 0.1) is 0 Å². The molecule has 15 heavy (non-hydrogen) atoms. The molecule has 0 spiro atoms. The van der Waals surface area contributed by atoms with Gasteiger partial charge in [-0.1, -0.05) is 13.8 Å². The van der Waals surface area contributed by atoms with Gasteiger partial charge in [-0.05, 0) is 58.0 Å². The smallest absolute Gasteiger partial charge is 0.0181 e. The highest BCUT2D eigenvalue weighted by atomic mass is 15.2. The normalized spacial score (nSPS) is 27.2. The van der Waals surface area contributed by atoms with E-state index in [1.165, 1.54) is 32.4 Å². The average Bonchev–Trinajstić information content (AvgIpc) is 2.12. The number of nitrogens with two attached hydrogens (primary N) is 1. The standard InChI is InChI=1S/C13H28N2/c1-11(2)10-15-9-5-6-12(7-8-14)13(15,3)4/h11-12H,5-10,14H2,1-4H3. The van der Waals surface area contributed by atoms with Crippen LogP contribution in [0.4, 0.5) is 0 Å². The number of hydrogen-bond acceptors (Lipinski definition) is 2. The second-order valence-corrected chi connectivity index (χ2v) is 5.91. The summed E-state index contributed by atoms with van der Waals surface area (Å²) in [7, 11) is 0. The summed E-state index contributed by atoms with van der Waals surface area (Å²) in [4.78, 5) is 2.67. The van der Waals surface area contributed by atoms with Crippen molar-refractivity contribution in [1.82, 2.24) is 4.90 Å². The minimum absolute atomic E-state index is 0.349. The summed E-state index contributed by atoms with van der Waals surface area (Å²) in [5, 5.41) is 0. The molecule has 0 aromatic rings. The largest absolute Gasteiger partial charge is 0.330 e. The zero-order chi connectivity index (χ0) is 11.5. The molecule has 1 saturated heterocycles. The Hall–Kier alpha value is -0.0800. The summed E-state index contributed by atoms with van der Waals surface area (Å²) in [6.45, 7) is 12.7. The van der Waals surface area contributed by atoms with Crippen molar-refractivity contribution < 1.29 is 0 Å². The topological polar surface area (TPSA) is 29.3 Å². The molecule has 0 aliphatic carbocycles. The van der Waals surface area contributed by atoms with Crippen LogP contribution in [-0.4, -0.2) is 30.1 Å². The van der Waals surface area contributed by atoms with E-state index in [0.29, 0.717) is 5.54 Å². The Morgan fingerprint density at radius 1 is 1.40 bits per heavy atom. The molecule has 90 valence electrons. The molecule has 1 unspecified atom stereocenters. The summed E-state index contributed by atoms with van der Waals surface area (Å²) in [5.74, 6) is 1.55. The summed E-state index contributed by atoms with van der Waals surface area (Å²) in [6.07, 6.45) is 3.89. The maximum atomic E-state index is 5.71. The van der Waals surface area contributed by atoms with E-state index in [9.17, 15) is 0 Å². The van der Waals surface area contributed by atoms with E-state index in [4.69, 9.17) is 5.73 Å². The maximum Gasteiger partial charge on any atom is 0.0181 e. The quantitative estimate of drug-likeness (QED) is 0.776. The average molecular weight is 212 g/mol. The fraction of sp³-hybridized carbons (Fsp3) is 1.00. The summed E-state index contributed by atoms with van der Waals surface area (Å²) >= 11 is 0. The van der Waals surface area contributed by atoms with E-state index in [1.807, 2.05) is 0 Å². The van der Waals surface area contributed by atoms with Gasteiger partial charge in [0, 0.05) is 12.1 Å². The number of nitrogens with zero attached hydrogens (tertiary/aromatic N) is 1. The molecule has 0 aromatic carbocycles. The third-order valence-electron chi connectivity index (χ3n) is 3.90. The van der Waals surface area contributed by atoms with Crippen molar-refractivity contribution in [3.8, 4) is 0 Å². The van der Waals surface area contributed by atoms with Crippen LogP contribution in [0.25, 0.3) is 0 Å². The fourth-order valence-corrected chi connectivity index (χ4v) is 2.89. The van der Waals surface area contributed by atoms with Gasteiger partial charge in [0.2, 0.25) is 0 Å². The van der Waals surface area contributed by atoms with Gasteiger partial charge in [-0.3, -0.25) is 4.90 Å². The van der Waals surface area contributed by atoms with Crippen LogP contribution in [0.3, 0.4) is 0 Å². The lowest BCUT2D eigenvalue weighted by atomic mass is 9.77. The lowest BCUT2D eigenvalue weighted by Gasteiger charge is -2.49. The number of piperidine rings is 1. The van der Waals surface area contributed by atoms with Crippen LogP contribution in [0.15, 0.2) is 0 Å². The molecule has 0 amide bonds. The van der Waals surface area contributed by atoms with Gasteiger partial charge in [-0.25, -0.2) is 0 Å². The van der Waals surface area contributed by atoms with Gasteiger partial charge in [-0.15, -0.1) is 0 Å². The lowest BCUT2D eigenvalue weighted by molar-refractivity contribution is 0.0107. The first-order valence-electron chi connectivity index (χ1n) is 6.43. The number of likely N-dealkylation sites (tertiary alicyclic amines) is 1. The van der Waals surface area contributed by atoms with Gasteiger partial charge in [0.25, 0.3) is 0 Å². The molecule has 1 aliphatic heterocycles. The van der Waals surface area contributed by atoms with Crippen LogP contribution in [0.5, 0.6) is 0 Å². The summed E-state index contributed by atoms with van der Waals surface area (Å²) in [5.41, 5.74) is 6.06. The molecule has 1 aliphatic rings. The zero-order valence-electron chi connectivity index (χ0n) is 10.9. The molecule has 2 N–H and O–H groups in total. The van der Waals surface area contributed by atoms with E-state index in [0.717, 1.165) is 18.4 Å². The molecule has 0 bridgehead atoms. The Labute approximate surface area is 95.2 Å². The highest BCUT2D eigenvalue weighted by Gasteiger charge is 2.37. The SMILES string of the molecule is CC(C)CN1CCCC(CCN)C1(C)C. The maximum absolute atomic E-state index is 5.71. The van der Waals surface area contributed by atoms with Crippen LogP contribution in [0.2, 0.25) is 0 Å². The molecular weight excluding hydrogens is 184 g/mol. The highest BCUT2D eigenvalue weighted by molar-refractivity contribution is 4.92. The van der Waals surface area contributed by atoms with Gasteiger partial charge in [0.15, 0.2) is 0 Å². The van der Waals surface area contributed by atoms with E-state index in [1.54, 1.807) is 0 Å². The third kappa shape index (κ3) is 3.18. The molecule has 2 nitrogen and oxygen atoms in total. The van der Waals surface area contributed by atoms with Gasteiger partial charge >= 0.3 is 0 Å². The Morgan fingerprint density at radius 3 is 2.60 bits per heavy atom. The molecule has 0 saturated carbocycles. The van der Waals surface area contributed by atoms with Gasteiger partial charge in [0.1, 0.15) is 0 Å². The van der Waals surface area contributed by atoms with E-state index in [-0.39, 0.29) is 0 Å². The van der Waals surface area contributed by atoms with Crippen molar-refractivity contribution in [3.05, 3.63) is 0 Å². The van der Waals surface area contributed by atoms with Crippen molar-refractivity contribution in [1.29, 1.82) is 0 Å². The fourth-order valence-electron chi connectivity index (χ4n) is 2.89. The molecule has 2 heteroatoms. The van der Waals surface area contributed by atoms with Crippen LogP contribution in [0.1, 0.15) is 47.0 Å². The Balaban J connectivity index is 2.63. The first-order valence-corrected chi connectivity index (χ1v) is 6.43. The van der Waals surface area contributed by atoms with Gasteiger partial charge < -0.3 is 5.73 Å². The Bertz CT molecular complexity index is 185. The molecule has 0 radical (unpaired) electrons. The van der Waals surface area contributed by atoms with Crippen molar-refractivity contribution in [2.24, 2.45) is 17.6 Å². The minimum atomic E-state index is 0.349. The van der Waals surface area contributed by atoms with Gasteiger partial charge in [-0.2, -0.15) is 0 Å². The van der Waals surface area contributed by atoms with E-state index in [2.05, 4.69) is 32.6 Å². The van der Waals surface area contributed by atoms with Crippen LogP contribution >= 0.6 is 0 Å². The highest BCUT2D eigenvalue weighted by Crippen LogP contribution is 2.35. The van der Waals surface area contributed by atoms with Crippen molar-refractivity contribution in [2.45, 2.75) is 52.5 Å². The van der Waals surface area contributed by atoms with Crippen LogP contribution in [0, 0.1) is 11.8 Å². The molecule has 1 rings (SSSR count). The molecule has 1 fully saturated rings. The summed E-state index contributed by atoms with van der Waals surface area (Å²) in [6, 6.07) is 0. The predicted molar refractivity (Wildman–Crippen MR) is 66.9 cm³/mol. The third-order valence-corrected chi connectivity index (χ3v) is 3.90. The zero-order valence-corrected chi connectivity index (χ0v) is 10.9. The first-order chi connectivity index (χ1) is 6.98. The predicted octanol–water partition coefficient (Wildman–Crippen LogP) is 2.48. The molecule has 1 heterocycles. The lowest BCUT2D eigenvalue weighted by Crippen LogP contribution is -2.54. The van der Waals surface area contributed by atoms with Crippen molar-refractivity contribution >= 4 is 0 Å². The Kier molecular flexibility index (Phi) is 4.60. The van der Waals surface area contributed by atoms with E-state index < -0.39 is 0 Å². The second-order valence-electron chi connectivity index (χ2n) is 5.91. The summed E-state index contributed by atoms with van der Waals surface area (Å²) < 4.78 is 0. The minimum Gasteiger partial charge on any atom is -0.330 e. The Morgan fingerprint density at radius 2 is 2.07 bits per heavy atom. The molecular formula is C13H28N2. The molecule has 1 atom stereocenters. The molecule has 0 aromatic heterocycles. The number of rotatable bonds is 4. The first kappa shape index (κ1) is 13.0. The second kappa shape index (κ2) is 5.31. The van der Waals surface area contributed by atoms with Crippen molar-refractivity contribution in [2.75, 3.05) is 19.6 Å². The van der Waals surface area contributed by atoms with Crippen LogP contribution < -0.4 is 5.73 Å². The monoisotopic (exact) mass is 212 g/mol. The van der Waals surface area contributed by atoms with Crippen LogP contribution in [-0.2, 0) is 0 Å². The number of hydrogen-bond donors (Lipinski definition) is 1.